The van der Waals surface area contributed by atoms with Gasteiger partial charge in [-0.2, -0.15) is 0 Å². The number of nitro groups is 1. The summed E-state index contributed by atoms with van der Waals surface area (Å²) in [7, 11) is 0. The molecule has 1 aromatic heterocycles. The molecule has 0 aliphatic carbocycles. The zero-order valence-corrected chi connectivity index (χ0v) is 11.2. The van der Waals surface area contributed by atoms with E-state index in [9.17, 15) is 10.1 Å². The molecule has 96 valence electrons. The molecule has 0 unspecified atom stereocenters. The van der Waals surface area contributed by atoms with Gasteiger partial charge in [0.15, 0.2) is 5.69 Å². The lowest BCUT2D eigenvalue weighted by molar-refractivity contribution is -0.388. The summed E-state index contributed by atoms with van der Waals surface area (Å²) in [6.07, 6.45) is 4.02. The van der Waals surface area contributed by atoms with Crippen molar-refractivity contribution in [3.8, 4) is 11.3 Å². The monoisotopic (exact) mass is 320 g/mol. The molecule has 2 N–H and O–H groups in total. The van der Waals surface area contributed by atoms with Crippen LogP contribution in [-0.4, -0.2) is 21.1 Å². The third-order valence-corrected chi connectivity index (χ3v) is 2.88. The van der Waals surface area contributed by atoms with E-state index >= 15 is 0 Å². The van der Waals surface area contributed by atoms with Crippen LogP contribution in [0.5, 0.6) is 0 Å². The topological polar surface area (TPSA) is 95.7 Å². The molecule has 0 bridgehead atoms. The van der Waals surface area contributed by atoms with Gasteiger partial charge >= 0.3 is 5.82 Å². The molecule has 0 aliphatic rings. The predicted molar refractivity (Wildman–Crippen MR) is 76.2 cm³/mol. The van der Waals surface area contributed by atoms with Gasteiger partial charge in [-0.05, 0) is 23.1 Å². The molecule has 0 saturated carbocycles. The summed E-state index contributed by atoms with van der Waals surface area (Å²) in [6.45, 7) is 0. The Hall–Kier alpha value is -2.28. The molecule has 1 heterocycles. The maximum atomic E-state index is 11.0. The number of hydrogen-bond acceptors (Lipinski definition) is 4. The van der Waals surface area contributed by atoms with E-state index in [0.29, 0.717) is 11.4 Å². The smallest absolute Gasteiger partial charge is 0.349 e. The molecule has 0 spiro atoms. The van der Waals surface area contributed by atoms with Crippen molar-refractivity contribution in [1.82, 2.24) is 9.97 Å². The number of aromatic amines is 1. The summed E-state index contributed by atoms with van der Waals surface area (Å²) in [5.41, 5.74) is 0.933. The van der Waals surface area contributed by atoms with E-state index in [0.717, 1.165) is 10.7 Å². The molecule has 2 aromatic rings. The first-order chi connectivity index (χ1) is 9.11. The molecule has 0 radical (unpaired) electrons. The van der Waals surface area contributed by atoms with Gasteiger partial charge in [-0.25, -0.2) is 9.97 Å². The molecular weight excluding hydrogens is 312 g/mol. The standard InChI is InChI=1S/C12H9BrN4O2/c13-9-5-3-8(4-6-9)11-12(17(18)19)16-10(15-11)2-1-7-14/h1-7,14H,(H,15,16). The molecular formula is C12H9BrN4O2. The first-order valence-electron chi connectivity index (χ1n) is 5.29. The highest BCUT2D eigenvalue weighted by Gasteiger charge is 2.20. The van der Waals surface area contributed by atoms with Crippen LogP contribution in [0.2, 0.25) is 0 Å². The van der Waals surface area contributed by atoms with Crippen molar-refractivity contribution >= 4 is 34.0 Å². The van der Waals surface area contributed by atoms with Crippen LogP contribution in [0.4, 0.5) is 5.82 Å². The van der Waals surface area contributed by atoms with Crippen molar-refractivity contribution in [1.29, 1.82) is 5.41 Å². The third-order valence-electron chi connectivity index (χ3n) is 2.35. The molecule has 19 heavy (non-hydrogen) atoms. The number of aromatic nitrogens is 2. The lowest BCUT2D eigenvalue weighted by Crippen LogP contribution is -1.90. The summed E-state index contributed by atoms with van der Waals surface area (Å²) >= 11 is 3.31. The van der Waals surface area contributed by atoms with Gasteiger partial charge in [0.1, 0.15) is 0 Å². The van der Waals surface area contributed by atoms with E-state index < -0.39 is 4.92 Å². The van der Waals surface area contributed by atoms with Crippen LogP contribution in [0, 0.1) is 15.5 Å². The Morgan fingerprint density at radius 1 is 1.37 bits per heavy atom. The normalized spacial score (nSPS) is 10.8. The van der Waals surface area contributed by atoms with Crippen LogP contribution >= 0.6 is 15.9 Å². The summed E-state index contributed by atoms with van der Waals surface area (Å²) in [5, 5.41) is 17.9. The van der Waals surface area contributed by atoms with E-state index in [1.165, 1.54) is 12.2 Å². The molecule has 0 atom stereocenters. The summed E-state index contributed by atoms with van der Waals surface area (Å²) in [6, 6.07) is 7.08. The number of allylic oxidation sites excluding steroid dienone is 1. The van der Waals surface area contributed by atoms with Crippen LogP contribution in [0.25, 0.3) is 17.3 Å². The minimum Gasteiger partial charge on any atom is -0.358 e. The second kappa shape index (κ2) is 5.57. The summed E-state index contributed by atoms with van der Waals surface area (Å²) in [5.74, 6) is 0.181. The SMILES string of the molecule is N=CC=Cc1nc(-c2ccc(Br)cc2)c([N+](=O)[O-])[nH]1. The molecule has 1 aromatic carbocycles. The molecule has 0 fully saturated rings. The van der Waals surface area contributed by atoms with E-state index in [1.54, 1.807) is 24.3 Å². The zero-order valence-electron chi connectivity index (χ0n) is 9.63. The maximum absolute atomic E-state index is 11.0. The van der Waals surface area contributed by atoms with E-state index in [2.05, 4.69) is 25.9 Å². The fourth-order valence-corrected chi connectivity index (χ4v) is 1.81. The third kappa shape index (κ3) is 2.94. The van der Waals surface area contributed by atoms with Crippen LogP contribution < -0.4 is 0 Å². The van der Waals surface area contributed by atoms with Gasteiger partial charge in [-0.1, -0.05) is 28.1 Å². The van der Waals surface area contributed by atoms with Crippen LogP contribution in [0.15, 0.2) is 34.8 Å². The van der Waals surface area contributed by atoms with E-state index in [-0.39, 0.29) is 11.5 Å². The number of hydrogen-bond donors (Lipinski definition) is 2. The van der Waals surface area contributed by atoms with Gasteiger partial charge < -0.3 is 15.5 Å². The number of rotatable bonds is 4. The summed E-state index contributed by atoms with van der Waals surface area (Å²) < 4.78 is 0.887. The van der Waals surface area contributed by atoms with Crippen molar-refractivity contribution in [2.24, 2.45) is 0 Å². The van der Waals surface area contributed by atoms with Gasteiger partial charge in [-0.15, -0.1) is 0 Å². The Kier molecular flexibility index (Phi) is 3.86. The van der Waals surface area contributed by atoms with Crippen molar-refractivity contribution in [2.75, 3.05) is 0 Å². The molecule has 7 heteroatoms. The number of nitrogens with one attached hydrogen (secondary N) is 2. The Labute approximate surface area is 117 Å². The van der Waals surface area contributed by atoms with Gasteiger partial charge in [-0.3, -0.25) is 0 Å². The molecule has 6 nitrogen and oxygen atoms in total. The second-order valence-electron chi connectivity index (χ2n) is 3.61. The van der Waals surface area contributed by atoms with E-state index in [4.69, 9.17) is 5.41 Å². The minimum atomic E-state index is -0.508. The highest BCUT2D eigenvalue weighted by atomic mass is 79.9. The van der Waals surface area contributed by atoms with Gasteiger partial charge in [0.25, 0.3) is 0 Å². The average molecular weight is 321 g/mol. The van der Waals surface area contributed by atoms with Gasteiger partial charge in [0.05, 0.1) is 0 Å². The van der Waals surface area contributed by atoms with Crippen molar-refractivity contribution in [2.45, 2.75) is 0 Å². The van der Waals surface area contributed by atoms with Crippen molar-refractivity contribution in [3.05, 3.63) is 50.8 Å². The van der Waals surface area contributed by atoms with Crippen molar-refractivity contribution < 1.29 is 4.92 Å². The molecule has 2 rings (SSSR count). The Bertz CT molecular complexity index is 646. The highest BCUT2D eigenvalue weighted by Crippen LogP contribution is 2.28. The zero-order chi connectivity index (χ0) is 13.8. The number of halogens is 1. The number of benzene rings is 1. The Morgan fingerprint density at radius 3 is 2.63 bits per heavy atom. The minimum absolute atomic E-state index is 0.160. The highest BCUT2D eigenvalue weighted by molar-refractivity contribution is 9.10. The number of nitrogens with zero attached hydrogens (tertiary/aromatic N) is 2. The van der Waals surface area contributed by atoms with Gasteiger partial charge in [0, 0.05) is 22.3 Å². The van der Waals surface area contributed by atoms with Crippen LogP contribution in [-0.2, 0) is 0 Å². The van der Waals surface area contributed by atoms with Gasteiger partial charge in [0.2, 0.25) is 5.82 Å². The lowest BCUT2D eigenvalue weighted by atomic mass is 10.1. The molecule has 0 aliphatic heterocycles. The quantitative estimate of drug-likeness (QED) is 0.513. The summed E-state index contributed by atoms with van der Waals surface area (Å²) in [4.78, 5) is 17.3. The first-order valence-corrected chi connectivity index (χ1v) is 6.08. The fourth-order valence-electron chi connectivity index (χ4n) is 1.54. The maximum Gasteiger partial charge on any atom is 0.349 e. The van der Waals surface area contributed by atoms with E-state index in [1.807, 2.05) is 0 Å². The van der Waals surface area contributed by atoms with Crippen molar-refractivity contribution in [3.63, 3.8) is 0 Å². The predicted octanol–water partition coefficient (Wildman–Crippen LogP) is 3.41. The van der Waals surface area contributed by atoms with Crippen LogP contribution in [0.3, 0.4) is 0 Å². The first kappa shape index (κ1) is 13.2. The molecule has 0 amide bonds. The lowest BCUT2D eigenvalue weighted by Gasteiger charge is -1.97. The fraction of sp³-hybridized carbons (Fsp3) is 0. The van der Waals surface area contributed by atoms with Crippen LogP contribution in [0.1, 0.15) is 5.82 Å². The largest absolute Gasteiger partial charge is 0.358 e. The number of H-pyrrole nitrogens is 1. The average Bonchev–Trinajstić information content (AvgIpc) is 2.81. The Balaban J connectivity index is 2.51. The number of imidazole rings is 1. The Morgan fingerprint density at radius 2 is 2.05 bits per heavy atom. The molecule has 0 saturated heterocycles. The second-order valence-corrected chi connectivity index (χ2v) is 4.52.